The van der Waals surface area contributed by atoms with Crippen LogP contribution in [0, 0.1) is 0 Å². The van der Waals surface area contributed by atoms with Gasteiger partial charge in [0.1, 0.15) is 18.0 Å². The van der Waals surface area contributed by atoms with Crippen molar-refractivity contribution in [1.82, 2.24) is 0 Å². The maximum Gasteiger partial charge on any atom is 0.211 e. The van der Waals surface area contributed by atoms with E-state index >= 15 is 0 Å². The Balaban J connectivity index is 1.24. The highest BCUT2D eigenvalue weighted by molar-refractivity contribution is 5.70. The number of nitrogens with zero attached hydrogens (tertiary/aromatic N) is 1. The number of carbonyl (C=O) groups is 1. The van der Waals surface area contributed by atoms with Crippen molar-refractivity contribution in [2.24, 2.45) is 0 Å². The number of rotatable bonds is 14. The molecule has 0 saturated carbocycles. The lowest BCUT2D eigenvalue weighted by Gasteiger charge is -2.08. The average molecular weight is 434 g/mol. The molecule has 1 N–H and O–H groups in total. The summed E-state index contributed by atoms with van der Waals surface area (Å²) in [5.41, 5.74) is 3.17. The van der Waals surface area contributed by atoms with E-state index in [1.807, 2.05) is 48.8 Å². The normalized spacial score (nSPS) is 10.5. The van der Waals surface area contributed by atoms with E-state index in [-0.39, 0.29) is 0 Å². The van der Waals surface area contributed by atoms with Gasteiger partial charge in [-0.05, 0) is 48.2 Å². The van der Waals surface area contributed by atoms with E-state index in [1.165, 1.54) is 43.2 Å². The maximum absolute atomic E-state index is 10.4. The van der Waals surface area contributed by atoms with E-state index in [0.29, 0.717) is 6.41 Å². The number of amides is 1. The monoisotopic (exact) mass is 433 g/mol. The summed E-state index contributed by atoms with van der Waals surface area (Å²) in [5, 5.41) is 2.65. The molecule has 0 aliphatic carbocycles. The molecular weight excluding hydrogens is 400 g/mol. The fourth-order valence-electron chi connectivity index (χ4n) is 3.59. The minimum Gasteiger partial charge on any atom is -0.497 e. The first-order chi connectivity index (χ1) is 15.8. The molecule has 1 aromatic heterocycles. The van der Waals surface area contributed by atoms with Crippen LogP contribution in [-0.2, 0) is 11.3 Å². The van der Waals surface area contributed by atoms with Gasteiger partial charge in [0.05, 0.1) is 19.4 Å². The van der Waals surface area contributed by atoms with Crippen LogP contribution in [0.3, 0.4) is 0 Å². The molecule has 1 heterocycles. The number of anilines is 1. The predicted octanol–water partition coefficient (Wildman–Crippen LogP) is 5.64. The fraction of sp³-hybridized carbons (Fsp3) is 0.333. The molecule has 2 aromatic carbocycles. The summed E-state index contributed by atoms with van der Waals surface area (Å²) < 4.78 is 13.3. The first-order valence-electron chi connectivity index (χ1n) is 11.3. The molecule has 5 heteroatoms. The van der Waals surface area contributed by atoms with Gasteiger partial charge in [0.25, 0.3) is 0 Å². The molecule has 0 aliphatic rings. The number of methoxy groups -OCH3 is 1. The summed E-state index contributed by atoms with van der Waals surface area (Å²) in [6.45, 7) is 1.77. The zero-order valence-corrected chi connectivity index (χ0v) is 18.8. The lowest BCUT2D eigenvalue weighted by molar-refractivity contribution is -0.697. The number of hydrogen-bond acceptors (Lipinski definition) is 3. The van der Waals surface area contributed by atoms with Crippen LogP contribution in [0.1, 0.15) is 38.5 Å². The Morgan fingerprint density at radius 3 is 1.91 bits per heavy atom. The van der Waals surface area contributed by atoms with Crippen LogP contribution in [0.4, 0.5) is 5.69 Å². The summed E-state index contributed by atoms with van der Waals surface area (Å²) in [7, 11) is 1.68. The second kappa shape index (κ2) is 13.2. The van der Waals surface area contributed by atoms with Gasteiger partial charge in [0.15, 0.2) is 12.4 Å². The number of ether oxygens (including phenoxy) is 2. The Labute approximate surface area is 191 Å². The van der Waals surface area contributed by atoms with Crippen molar-refractivity contribution in [1.29, 1.82) is 0 Å². The largest absolute Gasteiger partial charge is 0.497 e. The van der Waals surface area contributed by atoms with Gasteiger partial charge in [-0.3, -0.25) is 4.79 Å². The molecule has 0 spiro atoms. The van der Waals surface area contributed by atoms with Crippen molar-refractivity contribution in [3.05, 3.63) is 73.1 Å². The molecule has 0 unspecified atom stereocenters. The van der Waals surface area contributed by atoms with Crippen molar-refractivity contribution in [2.75, 3.05) is 19.0 Å². The standard InChI is InChI=1S/C27H32N2O3/c1-31-26-12-8-23(9-13-26)24-10-14-27(15-11-24)32-21-7-5-3-2-4-6-18-29-19-16-25(17-20-29)28-22-30/h8-17,19-20,22H,2-7,18,21H2,1H3/p+1. The molecule has 1 amide bonds. The number of aromatic nitrogens is 1. The third-order valence-corrected chi connectivity index (χ3v) is 5.47. The van der Waals surface area contributed by atoms with E-state index < -0.39 is 0 Å². The van der Waals surface area contributed by atoms with Gasteiger partial charge in [-0.1, -0.05) is 43.5 Å². The highest BCUT2D eigenvalue weighted by atomic mass is 16.5. The quantitative estimate of drug-likeness (QED) is 0.203. The SMILES string of the molecule is COc1ccc(-c2ccc(OCCCCCCCC[n+]3ccc(NC=O)cc3)cc2)cc1. The first kappa shape index (κ1) is 23.3. The lowest BCUT2D eigenvalue weighted by Crippen LogP contribution is -2.32. The topological polar surface area (TPSA) is 51.4 Å². The van der Waals surface area contributed by atoms with E-state index in [2.05, 4.69) is 34.1 Å². The van der Waals surface area contributed by atoms with Gasteiger partial charge < -0.3 is 14.8 Å². The number of unbranched alkanes of at least 4 members (excludes halogenated alkanes) is 5. The zero-order valence-electron chi connectivity index (χ0n) is 18.8. The van der Waals surface area contributed by atoms with Crippen LogP contribution in [0.25, 0.3) is 11.1 Å². The van der Waals surface area contributed by atoms with Gasteiger partial charge >= 0.3 is 0 Å². The molecule has 5 nitrogen and oxygen atoms in total. The van der Waals surface area contributed by atoms with Crippen molar-refractivity contribution < 1.29 is 18.8 Å². The number of aryl methyl sites for hydroxylation is 1. The van der Waals surface area contributed by atoms with E-state index in [0.717, 1.165) is 36.8 Å². The Kier molecular flexibility index (Phi) is 9.59. The molecule has 0 atom stereocenters. The molecule has 0 saturated heterocycles. The van der Waals surface area contributed by atoms with Gasteiger partial charge in [0.2, 0.25) is 6.41 Å². The van der Waals surface area contributed by atoms with Crippen molar-refractivity contribution >= 4 is 12.1 Å². The number of benzene rings is 2. The minimum absolute atomic E-state index is 0.699. The number of nitrogens with one attached hydrogen (secondary N) is 1. The Bertz CT molecular complexity index is 923. The Hall–Kier alpha value is -3.34. The van der Waals surface area contributed by atoms with Crippen molar-refractivity contribution in [3.63, 3.8) is 0 Å². The number of carbonyl (C=O) groups excluding carboxylic acids is 1. The van der Waals surface area contributed by atoms with Gasteiger partial charge in [-0.25, -0.2) is 4.57 Å². The molecule has 0 radical (unpaired) electrons. The van der Waals surface area contributed by atoms with E-state index in [4.69, 9.17) is 9.47 Å². The summed E-state index contributed by atoms with van der Waals surface area (Å²) in [5.74, 6) is 1.79. The molecule has 32 heavy (non-hydrogen) atoms. The summed E-state index contributed by atoms with van der Waals surface area (Å²) in [6.07, 6.45) is 11.9. The van der Waals surface area contributed by atoms with E-state index in [9.17, 15) is 4.79 Å². The highest BCUT2D eigenvalue weighted by Crippen LogP contribution is 2.24. The van der Waals surface area contributed by atoms with Crippen LogP contribution >= 0.6 is 0 Å². The molecular formula is C27H33N2O3+. The number of pyridine rings is 1. The van der Waals surface area contributed by atoms with Gasteiger partial charge in [-0.15, -0.1) is 0 Å². The summed E-state index contributed by atoms with van der Waals surface area (Å²) in [4.78, 5) is 10.4. The van der Waals surface area contributed by atoms with Crippen LogP contribution in [0.2, 0.25) is 0 Å². The first-order valence-corrected chi connectivity index (χ1v) is 11.3. The van der Waals surface area contributed by atoms with Crippen molar-refractivity contribution in [2.45, 2.75) is 45.1 Å². The summed E-state index contributed by atoms with van der Waals surface area (Å²) >= 11 is 0. The average Bonchev–Trinajstić information content (AvgIpc) is 2.84. The van der Waals surface area contributed by atoms with Crippen LogP contribution in [0.5, 0.6) is 11.5 Å². The molecule has 0 aliphatic heterocycles. The molecule has 3 rings (SSSR count). The fourth-order valence-corrected chi connectivity index (χ4v) is 3.59. The Morgan fingerprint density at radius 2 is 1.31 bits per heavy atom. The Morgan fingerprint density at radius 1 is 0.750 bits per heavy atom. The third-order valence-electron chi connectivity index (χ3n) is 5.47. The highest BCUT2D eigenvalue weighted by Gasteiger charge is 2.02. The van der Waals surface area contributed by atoms with Crippen molar-refractivity contribution in [3.8, 4) is 22.6 Å². The zero-order chi connectivity index (χ0) is 22.4. The minimum atomic E-state index is 0.699. The second-order valence-corrected chi connectivity index (χ2v) is 7.81. The van der Waals surface area contributed by atoms with Gasteiger partial charge in [0, 0.05) is 18.6 Å². The smallest absolute Gasteiger partial charge is 0.211 e. The van der Waals surface area contributed by atoms with Crippen LogP contribution in [0.15, 0.2) is 73.1 Å². The molecule has 0 bridgehead atoms. The molecule has 168 valence electrons. The van der Waals surface area contributed by atoms with E-state index in [1.54, 1.807) is 7.11 Å². The number of hydrogen-bond donors (Lipinski definition) is 1. The van der Waals surface area contributed by atoms with Crippen LogP contribution < -0.4 is 19.4 Å². The van der Waals surface area contributed by atoms with Crippen LogP contribution in [-0.4, -0.2) is 20.1 Å². The van der Waals surface area contributed by atoms with Gasteiger partial charge in [-0.2, -0.15) is 0 Å². The molecule has 0 fully saturated rings. The third kappa shape index (κ3) is 7.73. The maximum atomic E-state index is 10.4. The molecule has 3 aromatic rings. The lowest BCUT2D eigenvalue weighted by atomic mass is 10.1. The summed E-state index contributed by atoms with van der Waals surface area (Å²) in [6, 6.07) is 20.2. The predicted molar refractivity (Wildman–Crippen MR) is 128 cm³/mol. The second-order valence-electron chi connectivity index (χ2n) is 7.81.